The minimum absolute atomic E-state index is 0.122. The van der Waals surface area contributed by atoms with Gasteiger partial charge in [-0.05, 0) is 19.4 Å². The Morgan fingerprint density at radius 3 is 2.58 bits per heavy atom. The molecular weight excluding hydrogens is 328 g/mol. The van der Waals surface area contributed by atoms with Crippen LogP contribution < -0.4 is 5.32 Å². The summed E-state index contributed by atoms with van der Waals surface area (Å²) < 4.78 is 4.91. The molecule has 6 nitrogen and oxygen atoms in total. The van der Waals surface area contributed by atoms with Crippen molar-refractivity contribution in [3.8, 4) is 0 Å². The first-order chi connectivity index (χ1) is 11.4. The lowest BCUT2D eigenvalue weighted by molar-refractivity contribution is -0.145. The van der Waals surface area contributed by atoms with E-state index in [0.717, 1.165) is 10.6 Å². The second-order valence-electron chi connectivity index (χ2n) is 5.71. The first-order valence-corrected chi connectivity index (χ1v) is 8.22. The Bertz CT molecular complexity index is 729. The van der Waals surface area contributed by atoms with Crippen molar-refractivity contribution in [2.24, 2.45) is 0 Å². The van der Waals surface area contributed by atoms with Crippen molar-refractivity contribution in [3.63, 3.8) is 0 Å². The molecule has 2 N–H and O–H groups in total. The van der Waals surface area contributed by atoms with Crippen LogP contribution in [0.15, 0.2) is 30.3 Å². The number of aliphatic carboxylic acids is 1. The molecule has 128 valence electrons. The van der Waals surface area contributed by atoms with Crippen LogP contribution in [0.3, 0.4) is 0 Å². The molecule has 0 aliphatic rings. The third-order valence-corrected chi connectivity index (χ3v) is 4.70. The first kappa shape index (κ1) is 18.1. The summed E-state index contributed by atoms with van der Waals surface area (Å²) in [6.07, 6.45) is 0.633. The maximum Gasteiger partial charge on any atom is 0.331 e. The zero-order valence-corrected chi connectivity index (χ0v) is 14.6. The van der Waals surface area contributed by atoms with Crippen LogP contribution in [0.5, 0.6) is 0 Å². The summed E-state index contributed by atoms with van der Waals surface area (Å²) in [5, 5.41) is 12.7. The van der Waals surface area contributed by atoms with Crippen molar-refractivity contribution in [2.45, 2.75) is 25.8 Å². The number of aromatic nitrogens is 1. The third kappa shape index (κ3) is 4.18. The van der Waals surface area contributed by atoms with Gasteiger partial charge in [-0.15, -0.1) is 11.3 Å². The SMILES string of the molecule is COCC(C)(NC(=O)c1sc(Cc2ccccc2)nc1C)C(=O)O. The quantitative estimate of drug-likeness (QED) is 0.801. The molecule has 1 unspecified atom stereocenters. The Labute approximate surface area is 144 Å². The molecule has 24 heavy (non-hydrogen) atoms. The van der Waals surface area contributed by atoms with Crippen molar-refractivity contribution in [3.05, 3.63) is 51.5 Å². The molecule has 1 amide bonds. The molecule has 0 saturated carbocycles. The smallest absolute Gasteiger partial charge is 0.331 e. The van der Waals surface area contributed by atoms with Gasteiger partial charge in [-0.25, -0.2) is 9.78 Å². The molecule has 0 fully saturated rings. The van der Waals surface area contributed by atoms with Gasteiger partial charge < -0.3 is 15.2 Å². The fraction of sp³-hybridized carbons (Fsp3) is 0.353. The number of hydrogen-bond acceptors (Lipinski definition) is 5. The van der Waals surface area contributed by atoms with Crippen LogP contribution >= 0.6 is 11.3 Å². The normalized spacial score (nSPS) is 13.3. The third-order valence-electron chi connectivity index (χ3n) is 3.54. The number of nitrogens with one attached hydrogen (secondary N) is 1. The molecule has 2 aromatic rings. The van der Waals surface area contributed by atoms with E-state index in [4.69, 9.17) is 4.74 Å². The van der Waals surface area contributed by atoms with Crippen molar-refractivity contribution in [1.82, 2.24) is 10.3 Å². The van der Waals surface area contributed by atoms with Crippen molar-refractivity contribution in [1.29, 1.82) is 0 Å². The highest BCUT2D eigenvalue weighted by atomic mass is 32.1. The summed E-state index contributed by atoms with van der Waals surface area (Å²) in [4.78, 5) is 28.7. The molecule has 1 aromatic heterocycles. The van der Waals surface area contributed by atoms with E-state index >= 15 is 0 Å². The van der Waals surface area contributed by atoms with Crippen molar-refractivity contribution < 1.29 is 19.4 Å². The number of nitrogens with zero attached hydrogens (tertiary/aromatic N) is 1. The standard InChI is InChI=1S/C17H20N2O4S/c1-11-14(15(20)19-17(2,10-23-3)16(21)22)24-13(18-11)9-12-7-5-4-6-8-12/h4-8H,9-10H2,1-3H3,(H,19,20)(H,21,22). The largest absolute Gasteiger partial charge is 0.479 e. The zero-order valence-electron chi connectivity index (χ0n) is 13.8. The second kappa shape index (κ2) is 7.55. The van der Waals surface area contributed by atoms with Gasteiger partial charge in [0.2, 0.25) is 0 Å². The minimum Gasteiger partial charge on any atom is -0.479 e. The van der Waals surface area contributed by atoms with E-state index in [1.54, 1.807) is 6.92 Å². The number of thiazole rings is 1. The van der Waals surface area contributed by atoms with E-state index in [1.165, 1.54) is 25.4 Å². The molecule has 0 aliphatic carbocycles. The topological polar surface area (TPSA) is 88.5 Å². The lowest BCUT2D eigenvalue weighted by Crippen LogP contribution is -2.55. The molecule has 0 saturated heterocycles. The number of benzene rings is 1. The molecule has 0 aliphatic heterocycles. The van der Waals surface area contributed by atoms with E-state index in [2.05, 4.69) is 10.3 Å². The number of carbonyl (C=O) groups is 2. The number of carboxylic acids is 1. The van der Waals surface area contributed by atoms with Crippen LogP contribution in [0.25, 0.3) is 0 Å². The summed E-state index contributed by atoms with van der Waals surface area (Å²) in [7, 11) is 1.39. The van der Waals surface area contributed by atoms with Crippen LogP contribution in [0, 0.1) is 6.92 Å². The second-order valence-corrected chi connectivity index (χ2v) is 6.79. The summed E-state index contributed by atoms with van der Waals surface area (Å²) in [5.74, 6) is -1.60. The fourth-order valence-electron chi connectivity index (χ4n) is 2.26. The fourth-order valence-corrected chi connectivity index (χ4v) is 3.25. The Morgan fingerprint density at radius 1 is 1.33 bits per heavy atom. The molecule has 0 radical (unpaired) electrons. The Balaban J connectivity index is 2.17. The average molecular weight is 348 g/mol. The van der Waals surface area contributed by atoms with E-state index in [-0.39, 0.29) is 6.61 Å². The Morgan fingerprint density at radius 2 is 2.00 bits per heavy atom. The van der Waals surface area contributed by atoms with Gasteiger partial charge in [0, 0.05) is 13.5 Å². The first-order valence-electron chi connectivity index (χ1n) is 7.41. The van der Waals surface area contributed by atoms with Gasteiger partial charge in [-0.1, -0.05) is 30.3 Å². The summed E-state index contributed by atoms with van der Waals surface area (Å²) >= 11 is 1.28. The van der Waals surface area contributed by atoms with E-state index in [0.29, 0.717) is 17.0 Å². The van der Waals surface area contributed by atoms with E-state index in [9.17, 15) is 14.7 Å². The maximum atomic E-state index is 12.5. The average Bonchev–Trinajstić information content (AvgIpc) is 2.89. The molecule has 7 heteroatoms. The van der Waals surface area contributed by atoms with E-state index in [1.807, 2.05) is 30.3 Å². The molecule has 0 spiro atoms. The van der Waals surface area contributed by atoms with Gasteiger partial charge in [-0.3, -0.25) is 4.79 Å². The summed E-state index contributed by atoms with van der Waals surface area (Å²) in [6.45, 7) is 3.04. The van der Waals surface area contributed by atoms with E-state index < -0.39 is 17.4 Å². The lowest BCUT2D eigenvalue weighted by Gasteiger charge is -2.24. The van der Waals surface area contributed by atoms with Gasteiger partial charge in [0.05, 0.1) is 17.3 Å². The minimum atomic E-state index is -1.48. The number of hydrogen-bond donors (Lipinski definition) is 2. The molecule has 1 heterocycles. The molecule has 1 atom stereocenters. The van der Waals surface area contributed by atoms with Crippen molar-refractivity contribution in [2.75, 3.05) is 13.7 Å². The van der Waals surface area contributed by atoms with Crippen LogP contribution in [-0.4, -0.2) is 41.2 Å². The highest BCUT2D eigenvalue weighted by Crippen LogP contribution is 2.21. The number of carboxylic acid groups (broad SMARTS) is 1. The molecule has 0 bridgehead atoms. The number of ether oxygens (including phenoxy) is 1. The van der Waals surface area contributed by atoms with Gasteiger partial charge in [0.15, 0.2) is 5.54 Å². The number of carbonyl (C=O) groups excluding carboxylic acids is 1. The number of amides is 1. The maximum absolute atomic E-state index is 12.5. The van der Waals surface area contributed by atoms with Gasteiger partial charge in [-0.2, -0.15) is 0 Å². The van der Waals surface area contributed by atoms with Gasteiger partial charge in [0.1, 0.15) is 4.88 Å². The number of aryl methyl sites for hydroxylation is 1. The highest BCUT2D eigenvalue weighted by molar-refractivity contribution is 7.13. The molecule has 1 aromatic carbocycles. The van der Waals surface area contributed by atoms with Gasteiger partial charge in [0.25, 0.3) is 5.91 Å². The zero-order chi connectivity index (χ0) is 17.7. The van der Waals surface area contributed by atoms with Crippen LogP contribution in [0.4, 0.5) is 0 Å². The summed E-state index contributed by atoms with van der Waals surface area (Å²) in [5.41, 5.74) is 0.212. The number of rotatable bonds is 7. The highest BCUT2D eigenvalue weighted by Gasteiger charge is 2.36. The summed E-state index contributed by atoms with van der Waals surface area (Å²) in [6, 6.07) is 9.84. The Hall–Kier alpha value is -2.25. The molecular formula is C17H20N2O4S. The number of methoxy groups -OCH3 is 1. The van der Waals surface area contributed by atoms with Crippen LogP contribution in [0.2, 0.25) is 0 Å². The predicted molar refractivity (Wildman–Crippen MR) is 91.5 cm³/mol. The van der Waals surface area contributed by atoms with Gasteiger partial charge >= 0.3 is 5.97 Å². The molecule has 2 rings (SSSR count). The van der Waals surface area contributed by atoms with Crippen molar-refractivity contribution >= 4 is 23.2 Å². The van der Waals surface area contributed by atoms with Crippen LogP contribution in [0.1, 0.15) is 32.9 Å². The monoisotopic (exact) mass is 348 g/mol. The predicted octanol–water partition coefficient (Wildman–Crippen LogP) is 2.26. The Kier molecular flexibility index (Phi) is 5.69. The van der Waals surface area contributed by atoms with Crippen LogP contribution in [-0.2, 0) is 16.0 Å². The lowest BCUT2D eigenvalue weighted by atomic mass is 10.0.